The van der Waals surface area contributed by atoms with E-state index in [0.29, 0.717) is 12.3 Å². The molecule has 140 valence electrons. The van der Waals surface area contributed by atoms with Crippen LogP contribution in [0.15, 0.2) is 12.1 Å². The number of benzene rings is 1. The van der Waals surface area contributed by atoms with Crippen molar-refractivity contribution < 1.29 is 19.1 Å². The zero-order valence-corrected chi connectivity index (χ0v) is 16.3. The number of hydrogen-bond donors (Lipinski definition) is 2. The summed E-state index contributed by atoms with van der Waals surface area (Å²) in [5.74, 6) is 0.245. The molecule has 0 bridgehead atoms. The Morgan fingerprint density at radius 3 is 2.20 bits per heavy atom. The second kappa shape index (κ2) is 8.85. The van der Waals surface area contributed by atoms with Gasteiger partial charge in [0.2, 0.25) is 5.91 Å². The molecule has 0 spiro atoms. The molecule has 0 aromatic heterocycles. The van der Waals surface area contributed by atoms with Crippen LogP contribution in [0.25, 0.3) is 0 Å². The Labute approximate surface area is 150 Å². The molecule has 6 nitrogen and oxygen atoms in total. The van der Waals surface area contributed by atoms with Crippen LogP contribution in [0, 0.1) is 13.8 Å². The molecule has 0 heterocycles. The van der Waals surface area contributed by atoms with Crippen molar-refractivity contribution in [2.24, 2.45) is 0 Å². The molecule has 0 fully saturated rings. The molecule has 0 radical (unpaired) electrons. The number of amides is 1. The molecule has 1 aromatic rings. The number of rotatable bonds is 7. The minimum atomic E-state index is -0.414. The lowest BCUT2D eigenvalue weighted by atomic mass is 10.1. The lowest BCUT2D eigenvalue weighted by molar-refractivity contribution is -0.142. The van der Waals surface area contributed by atoms with E-state index in [2.05, 4.69) is 15.4 Å². The molecule has 1 amide bonds. The lowest BCUT2D eigenvalue weighted by Gasteiger charge is -2.24. The molecule has 0 saturated heterocycles. The molecule has 1 atom stereocenters. The molecule has 25 heavy (non-hydrogen) atoms. The topological polar surface area (TPSA) is 76.7 Å². The maximum Gasteiger partial charge on any atom is 0.343 e. The summed E-state index contributed by atoms with van der Waals surface area (Å²) < 4.78 is 10.1. The van der Waals surface area contributed by atoms with E-state index in [0.717, 1.165) is 16.7 Å². The van der Waals surface area contributed by atoms with Crippen LogP contribution in [-0.4, -0.2) is 37.2 Å². The van der Waals surface area contributed by atoms with Crippen molar-refractivity contribution in [1.82, 2.24) is 10.6 Å². The molecule has 6 heteroatoms. The number of carbonyl (C=O) groups is 2. The van der Waals surface area contributed by atoms with E-state index < -0.39 is 5.97 Å². The van der Waals surface area contributed by atoms with Gasteiger partial charge < -0.3 is 20.1 Å². The van der Waals surface area contributed by atoms with E-state index in [4.69, 9.17) is 4.74 Å². The van der Waals surface area contributed by atoms with Crippen LogP contribution >= 0.6 is 0 Å². The quantitative estimate of drug-likeness (QED) is 0.738. The first-order valence-electron chi connectivity index (χ1n) is 8.38. The summed E-state index contributed by atoms with van der Waals surface area (Å²) in [4.78, 5) is 23.3. The summed E-state index contributed by atoms with van der Waals surface area (Å²) in [7, 11) is 1.33. The first-order valence-corrected chi connectivity index (χ1v) is 8.38. The van der Waals surface area contributed by atoms with Crippen LogP contribution in [0.4, 0.5) is 0 Å². The van der Waals surface area contributed by atoms with E-state index in [1.165, 1.54) is 7.11 Å². The minimum Gasteiger partial charge on any atom is -0.481 e. The highest BCUT2D eigenvalue weighted by Crippen LogP contribution is 2.25. The van der Waals surface area contributed by atoms with Gasteiger partial charge in [-0.15, -0.1) is 0 Å². The molecule has 1 aromatic carbocycles. The summed E-state index contributed by atoms with van der Waals surface area (Å²) >= 11 is 0. The van der Waals surface area contributed by atoms with Crippen LogP contribution in [0.1, 0.15) is 44.4 Å². The number of carbonyl (C=O) groups excluding carboxylic acids is 2. The molecular formula is C19H30N2O4. The van der Waals surface area contributed by atoms with Crippen molar-refractivity contribution in [3.8, 4) is 5.75 Å². The molecule has 2 N–H and O–H groups in total. The third-order valence-electron chi connectivity index (χ3n) is 3.59. The molecule has 1 rings (SSSR count). The smallest absolute Gasteiger partial charge is 0.343 e. The van der Waals surface area contributed by atoms with Gasteiger partial charge in [0.15, 0.2) is 6.61 Å². The Bertz CT molecular complexity index is 597. The highest BCUT2D eigenvalue weighted by atomic mass is 16.6. The van der Waals surface area contributed by atoms with Gasteiger partial charge >= 0.3 is 5.97 Å². The first-order chi connectivity index (χ1) is 11.5. The summed E-state index contributed by atoms with van der Waals surface area (Å²) in [5.41, 5.74) is 2.68. The molecule has 0 saturated carbocycles. The van der Waals surface area contributed by atoms with Gasteiger partial charge in [0, 0.05) is 12.1 Å². The van der Waals surface area contributed by atoms with E-state index in [-0.39, 0.29) is 24.1 Å². The fourth-order valence-corrected chi connectivity index (χ4v) is 2.40. The monoisotopic (exact) mass is 350 g/mol. The SMILES string of the molecule is COC(=O)COc1c(C)cc(CNC(C)C(=O)NC(C)(C)C)cc1C. The summed E-state index contributed by atoms with van der Waals surface area (Å²) in [6, 6.07) is 3.68. The average molecular weight is 350 g/mol. The maximum absolute atomic E-state index is 12.1. The number of aryl methyl sites for hydroxylation is 2. The highest BCUT2D eigenvalue weighted by molar-refractivity contribution is 5.81. The second-order valence-corrected chi connectivity index (χ2v) is 7.27. The van der Waals surface area contributed by atoms with Crippen LogP contribution in [0.2, 0.25) is 0 Å². The number of ether oxygens (including phenoxy) is 2. The molecular weight excluding hydrogens is 320 g/mol. The Kier molecular flexibility index (Phi) is 7.42. The van der Waals surface area contributed by atoms with Gasteiger partial charge in [-0.2, -0.15) is 0 Å². The van der Waals surface area contributed by atoms with Crippen molar-refractivity contribution in [2.75, 3.05) is 13.7 Å². The van der Waals surface area contributed by atoms with Crippen molar-refractivity contribution in [3.63, 3.8) is 0 Å². The zero-order chi connectivity index (χ0) is 19.2. The molecule has 0 aliphatic rings. The fraction of sp³-hybridized carbons (Fsp3) is 0.579. The van der Waals surface area contributed by atoms with E-state index in [1.54, 1.807) is 0 Å². The van der Waals surface area contributed by atoms with Crippen molar-refractivity contribution in [1.29, 1.82) is 0 Å². The van der Waals surface area contributed by atoms with Gasteiger partial charge in [0.1, 0.15) is 5.75 Å². The largest absolute Gasteiger partial charge is 0.481 e. The fourth-order valence-electron chi connectivity index (χ4n) is 2.40. The standard InChI is InChI=1S/C19H30N2O4/c1-12-8-15(9-13(2)17(12)25-11-16(22)24-7)10-20-14(3)18(23)21-19(4,5)6/h8-9,14,20H,10-11H2,1-7H3,(H,21,23). The number of nitrogens with one attached hydrogen (secondary N) is 2. The summed E-state index contributed by atoms with van der Waals surface area (Å²) in [6.45, 7) is 12.0. The third-order valence-corrected chi connectivity index (χ3v) is 3.59. The Morgan fingerprint density at radius 2 is 1.72 bits per heavy atom. The third kappa shape index (κ3) is 7.13. The molecule has 0 aliphatic heterocycles. The maximum atomic E-state index is 12.1. The Balaban J connectivity index is 2.68. The van der Waals surface area contributed by atoms with Crippen LogP contribution in [0.5, 0.6) is 5.75 Å². The van der Waals surface area contributed by atoms with Crippen LogP contribution < -0.4 is 15.4 Å². The normalized spacial score (nSPS) is 12.4. The van der Waals surface area contributed by atoms with Crippen molar-refractivity contribution in [3.05, 3.63) is 28.8 Å². The lowest BCUT2D eigenvalue weighted by Crippen LogP contribution is -2.49. The minimum absolute atomic E-state index is 0.0287. The van der Waals surface area contributed by atoms with E-state index >= 15 is 0 Å². The predicted octanol–water partition coefficient (Wildman–Crippen LogP) is 2.25. The van der Waals surface area contributed by atoms with Gasteiger partial charge in [0.25, 0.3) is 0 Å². The highest BCUT2D eigenvalue weighted by Gasteiger charge is 2.19. The second-order valence-electron chi connectivity index (χ2n) is 7.27. The van der Waals surface area contributed by atoms with Crippen LogP contribution in [-0.2, 0) is 20.9 Å². The average Bonchev–Trinajstić information content (AvgIpc) is 2.49. The molecule has 1 unspecified atom stereocenters. The first kappa shape index (κ1) is 21.0. The van der Waals surface area contributed by atoms with Crippen molar-refractivity contribution >= 4 is 11.9 Å². The number of methoxy groups -OCH3 is 1. The summed E-state index contributed by atoms with van der Waals surface area (Å²) in [6.07, 6.45) is 0. The Hall–Kier alpha value is -2.08. The van der Waals surface area contributed by atoms with Crippen molar-refractivity contribution in [2.45, 2.75) is 59.7 Å². The zero-order valence-electron chi connectivity index (χ0n) is 16.3. The number of esters is 1. The summed E-state index contributed by atoms with van der Waals surface area (Å²) in [5, 5.41) is 6.18. The van der Waals surface area contributed by atoms with Gasteiger partial charge in [-0.1, -0.05) is 12.1 Å². The van der Waals surface area contributed by atoms with Gasteiger partial charge in [-0.3, -0.25) is 4.79 Å². The van der Waals surface area contributed by atoms with Gasteiger partial charge in [0.05, 0.1) is 13.2 Å². The van der Waals surface area contributed by atoms with E-state index in [1.807, 2.05) is 53.7 Å². The van der Waals surface area contributed by atoms with E-state index in [9.17, 15) is 9.59 Å². The van der Waals surface area contributed by atoms with Crippen LogP contribution in [0.3, 0.4) is 0 Å². The van der Waals surface area contributed by atoms with Gasteiger partial charge in [-0.25, -0.2) is 4.79 Å². The molecule has 0 aliphatic carbocycles. The van der Waals surface area contributed by atoms with Gasteiger partial charge in [-0.05, 0) is 58.2 Å². The predicted molar refractivity (Wildman–Crippen MR) is 97.6 cm³/mol. The number of hydrogen-bond acceptors (Lipinski definition) is 5. The Morgan fingerprint density at radius 1 is 1.16 bits per heavy atom.